The average Bonchev–Trinajstić information content (AvgIpc) is 2.58. The van der Waals surface area contributed by atoms with Crippen molar-refractivity contribution in [1.82, 2.24) is 10.6 Å². The monoisotopic (exact) mass is 314 g/mol. The molecule has 1 saturated heterocycles. The topological polar surface area (TPSA) is 39.7 Å². The van der Waals surface area contributed by atoms with Gasteiger partial charge in [0.15, 0.2) is 5.96 Å². The Morgan fingerprint density at radius 3 is 2.57 bits per heavy atom. The predicted molar refractivity (Wildman–Crippen MR) is 100 cm³/mol. The maximum Gasteiger partial charge on any atom is 0.191 e. The summed E-state index contributed by atoms with van der Waals surface area (Å²) < 4.78 is 0. The van der Waals surface area contributed by atoms with E-state index >= 15 is 0 Å². The molecule has 2 rings (SSSR count). The fourth-order valence-corrected chi connectivity index (χ4v) is 2.76. The number of anilines is 1. The Bertz CT molecular complexity index is 499. The van der Waals surface area contributed by atoms with Gasteiger partial charge >= 0.3 is 0 Å². The van der Waals surface area contributed by atoms with Crippen LogP contribution in [0.15, 0.2) is 41.9 Å². The zero-order valence-corrected chi connectivity index (χ0v) is 14.5. The number of guanidine groups is 1. The van der Waals surface area contributed by atoms with Crippen molar-refractivity contribution in [3.8, 4) is 0 Å². The largest absolute Gasteiger partial charge is 0.372 e. The van der Waals surface area contributed by atoms with E-state index in [9.17, 15) is 0 Å². The number of nitrogens with zero attached hydrogens (tertiary/aromatic N) is 2. The van der Waals surface area contributed by atoms with Crippen molar-refractivity contribution < 1.29 is 0 Å². The summed E-state index contributed by atoms with van der Waals surface area (Å²) in [5.74, 6) is 1.70. The second-order valence-corrected chi connectivity index (χ2v) is 6.20. The van der Waals surface area contributed by atoms with Gasteiger partial charge in [-0.1, -0.05) is 25.1 Å². The minimum absolute atomic E-state index is 0.684. The SMILES string of the molecule is C=CCNC(=NCc1ccc(N2CCC(C)CC2)cc1)NCC. The third-order valence-corrected chi connectivity index (χ3v) is 4.26. The molecule has 1 aromatic carbocycles. The fourth-order valence-electron chi connectivity index (χ4n) is 2.76. The molecule has 0 unspecified atom stereocenters. The standard InChI is InChI=1S/C19H30N4/c1-4-12-21-19(20-5-2)22-15-17-6-8-18(9-7-17)23-13-10-16(3)11-14-23/h4,6-9,16H,1,5,10-15H2,2-3H3,(H2,20,21,22). The first-order valence-corrected chi connectivity index (χ1v) is 8.70. The van der Waals surface area contributed by atoms with Crippen molar-refractivity contribution in [3.05, 3.63) is 42.5 Å². The molecule has 0 spiro atoms. The summed E-state index contributed by atoms with van der Waals surface area (Å²) in [5, 5.41) is 6.46. The first-order valence-electron chi connectivity index (χ1n) is 8.70. The molecule has 0 saturated carbocycles. The van der Waals surface area contributed by atoms with Crippen molar-refractivity contribution in [2.75, 3.05) is 31.1 Å². The summed E-state index contributed by atoms with van der Waals surface area (Å²) in [4.78, 5) is 7.10. The Kier molecular flexibility index (Phi) is 6.98. The molecule has 23 heavy (non-hydrogen) atoms. The van der Waals surface area contributed by atoms with Crippen molar-refractivity contribution in [2.24, 2.45) is 10.9 Å². The van der Waals surface area contributed by atoms with E-state index in [2.05, 4.69) is 65.2 Å². The molecule has 0 amide bonds. The van der Waals surface area contributed by atoms with Crippen LogP contribution >= 0.6 is 0 Å². The molecule has 0 atom stereocenters. The van der Waals surface area contributed by atoms with E-state index in [0.29, 0.717) is 6.54 Å². The Morgan fingerprint density at radius 2 is 1.96 bits per heavy atom. The fraction of sp³-hybridized carbons (Fsp3) is 0.526. The predicted octanol–water partition coefficient (Wildman–Crippen LogP) is 3.16. The van der Waals surface area contributed by atoms with E-state index < -0.39 is 0 Å². The first-order chi connectivity index (χ1) is 11.2. The molecule has 4 heteroatoms. The molecule has 1 aliphatic heterocycles. The van der Waals surface area contributed by atoms with Gasteiger partial charge in [0.05, 0.1) is 6.54 Å². The Labute approximate surface area is 140 Å². The van der Waals surface area contributed by atoms with Crippen LogP contribution < -0.4 is 15.5 Å². The van der Waals surface area contributed by atoms with Gasteiger partial charge in [-0.05, 0) is 43.4 Å². The van der Waals surface area contributed by atoms with Crippen LogP contribution in [0.25, 0.3) is 0 Å². The molecule has 1 aromatic rings. The molecule has 4 nitrogen and oxygen atoms in total. The van der Waals surface area contributed by atoms with E-state index in [4.69, 9.17) is 0 Å². The normalized spacial score (nSPS) is 16.3. The number of piperidine rings is 1. The van der Waals surface area contributed by atoms with Gasteiger partial charge in [-0.2, -0.15) is 0 Å². The number of aliphatic imine (C=N–C) groups is 1. The Balaban J connectivity index is 1.92. The highest BCUT2D eigenvalue weighted by atomic mass is 15.2. The minimum Gasteiger partial charge on any atom is -0.372 e. The van der Waals surface area contributed by atoms with Gasteiger partial charge in [-0.25, -0.2) is 4.99 Å². The van der Waals surface area contributed by atoms with Crippen LogP contribution in [0.5, 0.6) is 0 Å². The average molecular weight is 314 g/mol. The smallest absolute Gasteiger partial charge is 0.191 e. The lowest BCUT2D eigenvalue weighted by Crippen LogP contribution is -2.37. The maximum absolute atomic E-state index is 4.61. The maximum atomic E-state index is 4.61. The van der Waals surface area contributed by atoms with Crippen LogP contribution in [0.1, 0.15) is 32.3 Å². The van der Waals surface area contributed by atoms with Crippen LogP contribution in [0.4, 0.5) is 5.69 Å². The number of hydrogen-bond acceptors (Lipinski definition) is 2. The van der Waals surface area contributed by atoms with Gasteiger partial charge in [0, 0.05) is 31.9 Å². The van der Waals surface area contributed by atoms with Gasteiger partial charge in [0.25, 0.3) is 0 Å². The summed E-state index contributed by atoms with van der Waals surface area (Å²) in [6.07, 6.45) is 4.43. The molecular formula is C19H30N4. The highest BCUT2D eigenvalue weighted by Crippen LogP contribution is 2.23. The lowest BCUT2D eigenvalue weighted by Gasteiger charge is -2.32. The summed E-state index contributed by atoms with van der Waals surface area (Å²) in [6.45, 7) is 12.7. The van der Waals surface area contributed by atoms with Crippen molar-refractivity contribution in [1.29, 1.82) is 0 Å². The summed E-state index contributed by atoms with van der Waals surface area (Å²) in [7, 11) is 0. The molecule has 0 radical (unpaired) electrons. The number of hydrogen-bond donors (Lipinski definition) is 2. The third-order valence-electron chi connectivity index (χ3n) is 4.26. The molecule has 126 valence electrons. The Hall–Kier alpha value is -1.97. The number of nitrogens with one attached hydrogen (secondary N) is 2. The molecule has 2 N–H and O–H groups in total. The van der Waals surface area contributed by atoms with Gasteiger partial charge in [0.1, 0.15) is 0 Å². The van der Waals surface area contributed by atoms with Crippen LogP contribution in [0, 0.1) is 5.92 Å². The zero-order valence-electron chi connectivity index (χ0n) is 14.5. The van der Waals surface area contributed by atoms with E-state index in [1.807, 2.05) is 6.08 Å². The highest BCUT2D eigenvalue weighted by molar-refractivity contribution is 5.79. The van der Waals surface area contributed by atoms with E-state index in [-0.39, 0.29) is 0 Å². The molecular weight excluding hydrogens is 284 g/mol. The molecule has 1 heterocycles. The van der Waals surface area contributed by atoms with Crippen molar-refractivity contribution in [3.63, 3.8) is 0 Å². The van der Waals surface area contributed by atoms with E-state index in [1.165, 1.54) is 37.2 Å². The van der Waals surface area contributed by atoms with Gasteiger partial charge in [0.2, 0.25) is 0 Å². The quantitative estimate of drug-likeness (QED) is 0.481. The summed E-state index contributed by atoms with van der Waals surface area (Å²) in [5.41, 5.74) is 2.57. The Morgan fingerprint density at radius 1 is 1.26 bits per heavy atom. The molecule has 0 aromatic heterocycles. The van der Waals surface area contributed by atoms with Gasteiger partial charge < -0.3 is 15.5 Å². The number of rotatable bonds is 6. The first kappa shape index (κ1) is 17.4. The second-order valence-electron chi connectivity index (χ2n) is 6.20. The second kappa shape index (κ2) is 9.23. The third kappa shape index (κ3) is 5.62. The molecule has 1 aliphatic rings. The molecule has 0 bridgehead atoms. The van der Waals surface area contributed by atoms with E-state index in [0.717, 1.165) is 25.0 Å². The van der Waals surface area contributed by atoms with Crippen LogP contribution in [-0.4, -0.2) is 32.1 Å². The van der Waals surface area contributed by atoms with Crippen LogP contribution in [0.3, 0.4) is 0 Å². The summed E-state index contributed by atoms with van der Waals surface area (Å²) >= 11 is 0. The lowest BCUT2D eigenvalue weighted by atomic mass is 9.99. The van der Waals surface area contributed by atoms with Gasteiger partial charge in [-0.15, -0.1) is 6.58 Å². The lowest BCUT2D eigenvalue weighted by molar-refractivity contribution is 0.438. The minimum atomic E-state index is 0.684. The van der Waals surface area contributed by atoms with Crippen LogP contribution in [0.2, 0.25) is 0 Å². The molecule has 0 aliphatic carbocycles. The zero-order chi connectivity index (χ0) is 16.5. The van der Waals surface area contributed by atoms with Crippen LogP contribution in [-0.2, 0) is 6.54 Å². The van der Waals surface area contributed by atoms with Crippen molar-refractivity contribution >= 4 is 11.6 Å². The number of benzene rings is 1. The molecule has 1 fully saturated rings. The van der Waals surface area contributed by atoms with E-state index in [1.54, 1.807) is 0 Å². The summed E-state index contributed by atoms with van der Waals surface area (Å²) in [6, 6.07) is 8.83. The van der Waals surface area contributed by atoms with Crippen molar-refractivity contribution in [2.45, 2.75) is 33.2 Å². The van der Waals surface area contributed by atoms with Gasteiger partial charge in [-0.3, -0.25) is 0 Å². The highest BCUT2D eigenvalue weighted by Gasteiger charge is 2.15.